The fourth-order valence-corrected chi connectivity index (χ4v) is 1.89. The van der Waals surface area contributed by atoms with E-state index in [-0.39, 0.29) is 12.2 Å². The van der Waals surface area contributed by atoms with Gasteiger partial charge in [0, 0.05) is 6.42 Å². The van der Waals surface area contributed by atoms with E-state index in [1.165, 1.54) is 7.11 Å². The van der Waals surface area contributed by atoms with Gasteiger partial charge in [-0.3, -0.25) is 4.79 Å². The zero-order chi connectivity index (χ0) is 13.9. The second-order valence-corrected chi connectivity index (χ2v) is 4.19. The molecule has 0 aliphatic carbocycles. The second-order valence-electron chi connectivity index (χ2n) is 4.19. The summed E-state index contributed by atoms with van der Waals surface area (Å²) in [6.45, 7) is 0. The van der Waals surface area contributed by atoms with E-state index >= 15 is 0 Å². The molecule has 1 N–H and O–H groups in total. The monoisotopic (exact) mass is 262 g/mol. The number of carbonyl (C=O) groups excluding carboxylic acids is 2. The minimum absolute atomic E-state index is 0.0501. The third-order valence-corrected chi connectivity index (χ3v) is 2.91. The molecule has 0 bridgehead atoms. The largest absolute Gasteiger partial charge is 0.494 e. The van der Waals surface area contributed by atoms with Crippen LogP contribution in [0.25, 0.3) is 0 Å². The average Bonchev–Trinajstić information content (AvgIpc) is 2.73. The predicted octanol–water partition coefficient (Wildman–Crippen LogP) is 0.964. The topological polar surface area (TPSA) is 72.8 Å². The molecule has 1 aliphatic heterocycles. The number of esters is 1. The number of Topliss-reactive ketones (excluding diaryl/α,β-unsaturated/α-hetero) is 1. The van der Waals surface area contributed by atoms with Gasteiger partial charge >= 0.3 is 11.8 Å². The van der Waals surface area contributed by atoms with Crippen LogP contribution in [0.4, 0.5) is 0 Å². The number of ether oxygens (including phenoxy) is 2. The second kappa shape index (κ2) is 5.24. The van der Waals surface area contributed by atoms with Crippen LogP contribution in [0.1, 0.15) is 12.0 Å². The van der Waals surface area contributed by atoms with Gasteiger partial charge in [0.1, 0.15) is 0 Å². The lowest BCUT2D eigenvalue weighted by Crippen LogP contribution is -2.42. The van der Waals surface area contributed by atoms with Gasteiger partial charge in [-0.15, -0.1) is 0 Å². The molecule has 0 unspecified atom stereocenters. The molecule has 19 heavy (non-hydrogen) atoms. The van der Waals surface area contributed by atoms with Crippen molar-refractivity contribution in [3.63, 3.8) is 0 Å². The number of ketones is 1. The van der Waals surface area contributed by atoms with Crippen LogP contribution in [0.15, 0.2) is 42.2 Å². The molecule has 2 rings (SSSR count). The third-order valence-electron chi connectivity index (χ3n) is 2.91. The van der Waals surface area contributed by atoms with Crippen LogP contribution in [-0.4, -0.2) is 29.8 Å². The van der Waals surface area contributed by atoms with Gasteiger partial charge in [0.2, 0.25) is 5.78 Å². The molecule has 0 spiro atoms. The normalized spacial score (nSPS) is 21.8. The van der Waals surface area contributed by atoms with Crippen LogP contribution in [0.5, 0.6) is 0 Å². The van der Waals surface area contributed by atoms with E-state index < -0.39 is 17.5 Å². The van der Waals surface area contributed by atoms with Crippen molar-refractivity contribution >= 4 is 11.8 Å². The summed E-state index contributed by atoms with van der Waals surface area (Å²) in [7, 11) is 1.27. The Bertz CT molecular complexity index is 520. The Balaban J connectivity index is 2.04. The van der Waals surface area contributed by atoms with Crippen molar-refractivity contribution in [1.29, 1.82) is 0 Å². The number of cyclic esters (lactones) is 1. The Morgan fingerprint density at radius 3 is 2.68 bits per heavy atom. The molecule has 1 aromatic carbocycles. The van der Waals surface area contributed by atoms with Gasteiger partial charge in [0.05, 0.1) is 13.2 Å². The number of aliphatic hydroxyl groups is 1. The van der Waals surface area contributed by atoms with Crippen molar-refractivity contribution in [3.05, 3.63) is 47.7 Å². The highest BCUT2D eigenvalue weighted by Gasteiger charge is 2.49. The summed E-state index contributed by atoms with van der Waals surface area (Å²) in [6, 6.07) is 9.37. The fourth-order valence-electron chi connectivity index (χ4n) is 1.89. The lowest BCUT2D eigenvalue weighted by molar-refractivity contribution is -0.195. The smallest absolute Gasteiger partial charge is 0.337 e. The Morgan fingerprint density at radius 1 is 1.37 bits per heavy atom. The van der Waals surface area contributed by atoms with Crippen molar-refractivity contribution in [1.82, 2.24) is 0 Å². The SMILES string of the molecule is COC1=CC(=O)O[C@@]1(O)C(=O)CCc1ccccc1. The molecule has 1 heterocycles. The van der Waals surface area contributed by atoms with E-state index in [9.17, 15) is 14.7 Å². The standard InChI is InChI=1S/C14H14O5/c1-18-12-9-13(16)19-14(12,17)11(15)8-7-10-5-3-2-4-6-10/h2-6,9,17H,7-8H2,1H3/t14-/m0/s1. The first-order chi connectivity index (χ1) is 9.06. The third kappa shape index (κ3) is 2.66. The highest BCUT2D eigenvalue weighted by Crippen LogP contribution is 2.28. The van der Waals surface area contributed by atoms with Gasteiger partial charge in [-0.05, 0) is 12.0 Å². The quantitative estimate of drug-likeness (QED) is 0.800. The van der Waals surface area contributed by atoms with Crippen molar-refractivity contribution in [2.45, 2.75) is 18.6 Å². The number of benzene rings is 1. The first-order valence-electron chi connectivity index (χ1n) is 5.85. The van der Waals surface area contributed by atoms with Gasteiger partial charge in [0.15, 0.2) is 5.76 Å². The zero-order valence-corrected chi connectivity index (χ0v) is 10.5. The number of hydrogen-bond donors (Lipinski definition) is 1. The lowest BCUT2D eigenvalue weighted by atomic mass is 10.0. The number of aryl methyl sites for hydroxylation is 1. The number of methoxy groups -OCH3 is 1. The van der Waals surface area contributed by atoms with Crippen molar-refractivity contribution in [2.75, 3.05) is 7.11 Å². The van der Waals surface area contributed by atoms with Crippen LogP contribution in [0.2, 0.25) is 0 Å². The molecule has 0 radical (unpaired) electrons. The first-order valence-corrected chi connectivity index (χ1v) is 5.85. The van der Waals surface area contributed by atoms with E-state index in [4.69, 9.17) is 4.74 Å². The van der Waals surface area contributed by atoms with E-state index in [0.717, 1.165) is 11.6 Å². The maximum atomic E-state index is 12.0. The van der Waals surface area contributed by atoms with Gasteiger partial charge in [-0.1, -0.05) is 30.3 Å². The van der Waals surface area contributed by atoms with Gasteiger partial charge in [-0.25, -0.2) is 4.79 Å². The van der Waals surface area contributed by atoms with Gasteiger partial charge in [-0.2, -0.15) is 0 Å². The molecule has 1 aliphatic rings. The van der Waals surface area contributed by atoms with Crippen molar-refractivity contribution < 1.29 is 24.2 Å². The molecule has 5 nitrogen and oxygen atoms in total. The van der Waals surface area contributed by atoms with Crippen LogP contribution >= 0.6 is 0 Å². The zero-order valence-electron chi connectivity index (χ0n) is 10.5. The highest BCUT2D eigenvalue weighted by molar-refractivity contribution is 5.97. The molecular weight excluding hydrogens is 248 g/mol. The first kappa shape index (κ1) is 13.3. The molecule has 0 saturated carbocycles. The van der Waals surface area contributed by atoms with Crippen LogP contribution in [0.3, 0.4) is 0 Å². The maximum absolute atomic E-state index is 12.0. The molecular formula is C14H14O5. The summed E-state index contributed by atoms with van der Waals surface area (Å²) in [6.07, 6.45) is 1.48. The average molecular weight is 262 g/mol. The van der Waals surface area contributed by atoms with Gasteiger partial charge in [0.25, 0.3) is 0 Å². The molecule has 0 amide bonds. The molecule has 5 heteroatoms. The van der Waals surface area contributed by atoms with E-state index in [0.29, 0.717) is 6.42 Å². The fraction of sp³-hybridized carbons (Fsp3) is 0.286. The molecule has 0 fully saturated rings. The summed E-state index contributed by atoms with van der Waals surface area (Å²) < 4.78 is 9.47. The van der Waals surface area contributed by atoms with E-state index in [1.54, 1.807) is 0 Å². The lowest BCUT2D eigenvalue weighted by Gasteiger charge is -2.22. The molecule has 0 saturated heterocycles. The summed E-state index contributed by atoms with van der Waals surface area (Å²) in [5, 5.41) is 10.1. The van der Waals surface area contributed by atoms with Crippen LogP contribution in [0, 0.1) is 0 Å². The van der Waals surface area contributed by atoms with E-state index in [2.05, 4.69) is 4.74 Å². The Hall–Kier alpha value is -2.14. The summed E-state index contributed by atoms with van der Waals surface area (Å²) in [5.74, 6) is -3.83. The molecule has 100 valence electrons. The Kier molecular flexibility index (Phi) is 3.66. The Labute approximate surface area is 110 Å². The number of hydrogen-bond acceptors (Lipinski definition) is 5. The number of rotatable bonds is 5. The van der Waals surface area contributed by atoms with Crippen LogP contribution in [-0.2, 0) is 25.5 Å². The van der Waals surface area contributed by atoms with Gasteiger partial charge < -0.3 is 14.6 Å². The Morgan fingerprint density at radius 2 is 2.05 bits per heavy atom. The van der Waals surface area contributed by atoms with E-state index in [1.807, 2.05) is 30.3 Å². The summed E-state index contributed by atoms with van der Waals surface area (Å²) in [4.78, 5) is 23.1. The maximum Gasteiger partial charge on any atom is 0.337 e. The summed E-state index contributed by atoms with van der Waals surface area (Å²) >= 11 is 0. The molecule has 0 aromatic heterocycles. The predicted molar refractivity (Wildman–Crippen MR) is 65.9 cm³/mol. The van der Waals surface area contributed by atoms with Crippen molar-refractivity contribution in [3.8, 4) is 0 Å². The minimum atomic E-state index is -2.28. The number of carbonyl (C=O) groups is 2. The highest BCUT2D eigenvalue weighted by atomic mass is 16.7. The van der Waals surface area contributed by atoms with Crippen molar-refractivity contribution in [2.24, 2.45) is 0 Å². The van der Waals surface area contributed by atoms with Crippen LogP contribution < -0.4 is 0 Å². The molecule has 1 aromatic rings. The summed E-state index contributed by atoms with van der Waals surface area (Å²) in [5.41, 5.74) is 0.965. The molecule has 1 atom stereocenters. The minimum Gasteiger partial charge on any atom is -0.494 e.